The monoisotopic (exact) mass is 394 g/mol. The normalized spacial score (nSPS) is 11.5. The highest BCUT2D eigenvalue weighted by molar-refractivity contribution is 7.19. The van der Waals surface area contributed by atoms with E-state index >= 15 is 0 Å². The second kappa shape index (κ2) is 9.19. The quantitative estimate of drug-likeness (QED) is 0.620. The van der Waals surface area contributed by atoms with Gasteiger partial charge in [-0.15, -0.1) is 11.3 Å². The summed E-state index contributed by atoms with van der Waals surface area (Å²) >= 11 is 1.51. The van der Waals surface area contributed by atoms with Crippen molar-refractivity contribution in [3.8, 4) is 10.4 Å². The highest BCUT2D eigenvalue weighted by atomic mass is 32.1. The van der Waals surface area contributed by atoms with Crippen LogP contribution < -0.4 is 10.6 Å². The van der Waals surface area contributed by atoms with E-state index in [0.717, 1.165) is 26.6 Å². The Morgan fingerprint density at radius 3 is 2.36 bits per heavy atom. The summed E-state index contributed by atoms with van der Waals surface area (Å²) in [4.78, 5) is 25.4. The number of hydrogen-bond donors (Lipinski definition) is 2. The molecule has 3 aromatic rings. The Kier molecular flexibility index (Phi) is 6.45. The van der Waals surface area contributed by atoms with E-state index in [1.54, 1.807) is 6.92 Å². The summed E-state index contributed by atoms with van der Waals surface area (Å²) in [6.45, 7) is 3.79. The number of ether oxygens (including phenoxy) is 1. The van der Waals surface area contributed by atoms with Crippen molar-refractivity contribution in [2.75, 3.05) is 5.32 Å². The Morgan fingerprint density at radius 2 is 1.68 bits per heavy atom. The molecule has 2 N–H and O–H groups in total. The summed E-state index contributed by atoms with van der Waals surface area (Å²) in [6.07, 6.45) is -0.626. The van der Waals surface area contributed by atoms with Crippen LogP contribution in [0.1, 0.15) is 18.1 Å². The van der Waals surface area contributed by atoms with Crippen LogP contribution in [0, 0.1) is 6.92 Å². The molecular formula is C22H22N2O3S. The largest absolute Gasteiger partial charge is 0.445 e. The highest BCUT2D eigenvalue weighted by Crippen LogP contribution is 2.35. The van der Waals surface area contributed by atoms with Crippen LogP contribution in [0.5, 0.6) is 0 Å². The second-order valence-corrected chi connectivity index (χ2v) is 7.46. The van der Waals surface area contributed by atoms with Crippen LogP contribution in [0.3, 0.4) is 0 Å². The molecule has 144 valence electrons. The lowest BCUT2D eigenvalue weighted by atomic mass is 10.1. The number of carbonyl (C=O) groups is 2. The maximum atomic E-state index is 12.4. The van der Waals surface area contributed by atoms with Gasteiger partial charge >= 0.3 is 6.09 Å². The summed E-state index contributed by atoms with van der Waals surface area (Å²) in [5.41, 5.74) is 3.09. The number of aryl methyl sites for hydroxylation is 1. The number of rotatable bonds is 6. The predicted octanol–water partition coefficient (Wildman–Crippen LogP) is 4.98. The van der Waals surface area contributed by atoms with Gasteiger partial charge in [0.15, 0.2) is 0 Å². The molecule has 0 aliphatic heterocycles. The lowest BCUT2D eigenvalue weighted by Crippen LogP contribution is -2.41. The third-order valence-electron chi connectivity index (χ3n) is 4.14. The first-order valence-corrected chi connectivity index (χ1v) is 9.78. The van der Waals surface area contributed by atoms with Gasteiger partial charge in [0, 0.05) is 4.88 Å². The molecule has 0 saturated heterocycles. The zero-order valence-electron chi connectivity index (χ0n) is 15.8. The minimum Gasteiger partial charge on any atom is -0.445 e. The molecule has 0 radical (unpaired) electrons. The van der Waals surface area contributed by atoms with Crippen LogP contribution >= 0.6 is 11.3 Å². The van der Waals surface area contributed by atoms with E-state index in [2.05, 4.69) is 10.6 Å². The molecule has 6 heteroatoms. The Labute approximate surface area is 168 Å². The van der Waals surface area contributed by atoms with Gasteiger partial charge in [-0.1, -0.05) is 60.7 Å². The molecule has 0 aliphatic rings. The van der Waals surface area contributed by atoms with Gasteiger partial charge in [-0.2, -0.15) is 0 Å². The molecule has 0 bridgehead atoms. The van der Waals surface area contributed by atoms with E-state index in [1.807, 2.05) is 73.7 Å². The standard InChI is InChI=1S/C22H22N2O3S/c1-15-13-19(28-20(15)18-11-7-4-8-12-18)24-21(25)16(2)23-22(26)27-14-17-9-5-3-6-10-17/h3-13,16H,14H2,1-2H3,(H,23,26)(H,24,25)/t16-/m0/s1. The first-order valence-electron chi connectivity index (χ1n) is 8.97. The van der Waals surface area contributed by atoms with E-state index < -0.39 is 12.1 Å². The molecule has 0 unspecified atom stereocenters. The lowest BCUT2D eigenvalue weighted by Gasteiger charge is -2.13. The Bertz CT molecular complexity index is 939. The minimum atomic E-state index is -0.717. The Balaban J connectivity index is 1.53. The second-order valence-electron chi connectivity index (χ2n) is 6.41. The molecule has 28 heavy (non-hydrogen) atoms. The van der Waals surface area contributed by atoms with Crippen LogP contribution in [0.15, 0.2) is 66.7 Å². The molecule has 2 aromatic carbocycles. The smallest absolute Gasteiger partial charge is 0.408 e. The average molecular weight is 394 g/mol. The third kappa shape index (κ3) is 5.20. The van der Waals surface area contributed by atoms with Crippen LogP contribution in [0.2, 0.25) is 0 Å². The zero-order chi connectivity index (χ0) is 19.9. The fourth-order valence-corrected chi connectivity index (χ4v) is 3.74. The van der Waals surface area contributed by atoms with Gasteiger partial charge in [-0.25, -0.2) is 4.79 Å². The number of carbonyl (C=O) groups excluding carboxylic acids is 2. The summed E-state index contributed by atoms with van der Waals surface area (Å²) in [5.74, 6) is -0.294. The van der Waals surface area contributed by atoms with Crippen LogP contribution in [-0.4, -0.2) is 18.0 Å². The van der Waals surface area contributed by atoms with E-state index in [-0.39, 0.29) is 12.5 Å². The summed E-state index contributed by atoms with van der Waals surface area (Å²) in [6, 6.07) is 20.6. The number of benzene rings is 2. The van der Waals surface area contributed by atoms with Gasteiger partial charge in [0.1, 0.15) is 12.6 Å². The summed E-state index contributed by atoms with van der Waals surface area (Å²) in [5, 5.41) is 6.16. The fourth-order valence-electron chi connectivity index (χ4n) is 2.66. The average Bonchev–Trinajstić information content (AvgIpc) is 3.07. The topological polar surface area (TPSA) is 67.4 Å². The van der Waals surface area contributed by atoms with Crippen molar-refractivity contribution < 1.29 is 14.3 Å². The molecule has 0 saturated carbocycles. The van der Waals surface area contributed by atoms with Gasteiger partial charge in [0.2, 0.25) is 5.91 Å². The van der Waals surface area contributed by atoms with Crippen molar-refractivity contribution in [1.82, 2.24) is 5.32 Å². The third-order valence-corrected chi connectivity index (χ3v) is 5.34. The molecule has 0 spiro atoms. The van der Waals surface area contributed by atoms with E-state index in [9.17, 15) is 9.59 Å². The first kappa shape index (κ1) is 19.6. The number of alkyl carbamates (subject to hydrolysis) is 1. The molecule has 1 aromatic heterocycles. The molecular weight excluding hydrogens is 372 g/mol. The first-order chi connectivity index (χ1) is 13.5. The van der Waals surface area contributed by atoms with Gasteiger partial charge in [-0.05, 0) is 36.6 Å². The molecule has 1 heterocycles. The Hall–Kier alpha value is -3.12. The van der Waals surface area contributed by atoms with E-state index in [0.29, 0.717) is 0 Å². The minimum absolute atomic E-state index is 0.158. The summed E-state index contributed by atoms with van der Waals surface area (Å²) in [7, 11) is 0. The van der Waals surface area contributed by atoms with Crippen molar-refractivity contribution in [3.05, 3.63) is 77.9 Å². The fraction of sp³-hybridized carbons (Fsp3) is 0.182. The molecule has 2 amide bonds. The number of thiophene rings is 1. The van der Waals surface area contributed by atoms with Crippen molar-refractivity contribution in [2.45, 2.75) is 26.5 Å². The molecule has 3 rings (SSSR count). The number of hydrogen-bond acceptors (Lipinski definition) is 4. The predicted molar refractivity (Wildman–Crippen MR) is 112 cm³/mol. The maximum Gasteiger partial charge on any atom is 0.408 e. The van der Waals surface area contributed by atoms with Gasteiger partial charge in [0.05, 0.1) is 5.00 Å². The maximum absolute atomic E-state index is 12.4. The van der Waals surface area contributed by atoms with Gasteiger partial charge < -0.3 is 15.4 Å². The van der Waals surface area contributed by atoms with Crippen LogP contribution in [0.4, 0.5) is 9.80 Å². The highest BCUT2D eigenvalue weighted by Gasteiger charge is 2.18. The van der Waals surface area contributed by atoms with Crippen LogP contribution in [0.25, 0.3) is 10.4 Å². The number of nitrogens with one attached hydrogen (secondary N) is 2. The molecule has 5 nitrogen and oxygen atoms in total. The molecule has 1 atom stereocenters. The van der Waals surface area contributed by atoms with Crippen molar-refractivity contribution >= 4 is 28.3 Å². The van der Waals surface area contributed by atoms with E-state index in [1.165, 1.54) is 11.3 Å². The van der Waals surface area contributed by atoms with Gasteiger partial charge in [-0.3, -0.25) is 4.79 Å². The number of anilines is 1. The van der Waals surface area contributed by atoms with Crippen LogP contribution in [-0.2, 0) is 16.1 Å². The number of amides is 2. The summed E-state index contributed by atoms with van der Waals surface area (Å²) < 4.78 is 5.15. The zero-order valence-corrected chi connectivity index (χ0v) is 16.6. The van der Waals surface area contributed by atoms with Crippen molar-refractivity contribution in [3.63, 3.8) is 0 Å². The molecule has 0 aliphatic carbocycles. The Morgan fingerprint density at radius 1 is 1.04 bits per heavy atom. The van der Waals surface area contributed by atoms with Crippen molar-refractivity contribution in [2.24, 2.45) is 0 Å². The van der Waals surface area contributed by atoms with E-state index in [4.69, 9.17) is 4.74 Å². The molecule has 0 fully saturated rings. The van der Waals surface area contributed by atoms with Gasteiger partial charge in [0.25, 0.3) is 0 Å². The lowest BCUT2D eigenvalue weighted by molar-refractivity contribution is -0.117. The SMILES string of the molecule is Cc1cc(NC(=O)[C@H](C)NC(=O)OCc2ccccc2)sc1-c1ccccc1. The van der Waals surface area contributed by atoms with Crippen molar-refractivity contribution in [1.29, 1.82) is 0 Å².